The van der Waals surface area contributed by atoms with Crippen molar-refractivity contribution in [3.8, 4) is 5.75 Å². The molecule has 1 aromatic rings. The minimum Gasteiger partial charge on any atom is -0.493 e. The van der Waals surface area contributed by atoms with Crippen molar-refractivity contribution >= 4 is 5.69 Å². The first-order valence-corrected chi connectivity index (χ1v) is 7.11. The molecule has 110 valence electrons. The maximum atomic E-state index is 12.6. The van der Waals surface area contributed by atoms with Gasteiger partial charge in [0, 0.05) is 18.2 Å². The molecule has 0 radical (unpaired) electrons. The molecule has 1 saturated carbocycles. The normalized spacial score (nSPS) is 25.9. The van der Waals surface area contributed by atoms with Crippen LogP contribution in [0.5, 0.6) is 5.75 Å². The quantitative estimate of drug-likeness (QED) is 0.881. The molecule has 1 aliphatic heterocycles. The fraction of sp³-hybridized carbons (Fsp3) is 0.600. The molecule has 2 aliphatic rings. The maximum absolute atomic E-state index is 12.6. The third-order valence-electron chi connectivity index (χ3n) is 4.25. The van der Waals surface area contributed by atoms with E-state index < -0.39 is 12.1 Å². The predicted molar refractivity (Wildman–Crippen MR) is 71.1 cm³/mol. The second kappa shape index (κ2) is 5.19. The van der Waals surface area contributed by atoms with Crippen LogP contribution < -0.4 is 10.1 Å². The van der Waals surface area contributed by atoms with Crippen LogP contribution in [0.4, 0.5) is 18.9 Å². The van der Waals surface area contributed by atoms with Crippen molar-refractivity contribution in [1.82, 2.24) is 0 Å². The molecule has 3 rings (SSSR count). The number of hydrogen-bond donors (Lipinski definition) is 1. The molecule has 0 saturated heterocycles. The maximum Gasteiger partial charge on any atom is 0.391 e. The third-order valence-corrected chi connectivity index (χ3v) is 4.25. The fourth-order valence-electron chi connectivity index (χ4n) is 3.08. The van der Waals surface area contributed by atoms with Gasteiger partial charge in [0.25, 0.3) is 0 Å². The molecule has 5 heteroatoms. The summed E-state index contributed by atoms with van der Waals surface area (Å²) in [5.41, 5.74) is 2.17. The van der Waals surface area contributed by atoms with Gasteiger partial charge in [-0.25, -0.2) is 0 Å². The Morgan fingerprint density at radius 2 is 1.85 bits per heavy atom. The molecule has 0 spiro atoms. The molecule has 0 atom stereocenters. The fourth-order valence-corrected chi connectivity index (χ4v) is 3.08. The largest absolute Gasteiger partial charge is 0.493 e. The Morgan fingerprint density at radius 3 is 2.55 bits per heavy atom. The van der Waals surface area contributed by atoms with E-state index in [1.807, 2.05) is 12.1 Å². The van der Waals surface area contributed by atoms with Crippen LogP contribution in [0, 0.1) is 5.92 Å². The number of anilines is 1. The topological polar surface area (TPSA) is 21.3 Å². The number of halogens is 3. The van der Waals surface area contributed by atoms with Gasteiger partial charge in [0.15, 0.2) is 0 Å². The van der Waals surface area contributed by atoms with Crippen LogP contribution in [0.1, 0.15) is 31.2 Å². The van der Waals surface area contributed by atoms with Gasteiger partial charge >= 0.3 is 6.18 Å². The minimum absolute atomic E-state index is 0.147. The standard InChI is InChI=1S/C15H18F3NO/c16-15(17,18)11-1-3-12(4-2-11)19-13-5-6-14-10(9-13)7-8-20-14/h5-6,9,11-12,19H,1-4,7-8H2. The van der Waals surface area contributed by atoms with Crippen molar-refractivity contribution in [2.24, 2.45) is 5.92 Å². The van der Waals surface area contributed by atoms with E-state index in [1.54, 1.807) is 0 Å². The van der Waals surface area contributed by atoms with Crippen LogP contribution in [0.15, 0.2) is 18.2 Å². The average molecular weight is 285 g/mol. The van der Waals surface area contributed by atoms with Gasteiger partial charge in [-0.05, 0) is 49.4 Å². The second-order valence-electron chi connectivity index (χ2n) is 5.66. The smallest absolute Gasteiger partial charge is 0.391 e. The van der Waals surface area contributed by atoms with Crippen molar-refractivity contribution in [2.75, 3.05) is 11.9 Å². The van der Waals surface area contributed by atoms with Gasteiger partial charge in [-0.3, -0.25) is 0 Å². The summed E-state index contributed by atoms with van der Waals surface area (Å²) in [6.45, 7) is 0.718. The molecule has 20 heavy (non-hydrogen) atoms. The van der Waals surface area contributed by atoms with Gasteiger partial charge in [-0.15, -0.1) is 0 Å². The van der Waals surface area contributed by atoms with Crippen LogP contribution in [-0.2, 0) is 6.42 Å². The molecule has 2 nitrogen and oxygen atoms in total. The Morgan fingerprint density at radius 1 is 1.10 bits per heavy atom. The SMILES string of the molecule is FC(F)(F)C1CCC(Nc2ccc3c(c2)CCO3)CC1. The van der Waals surface area contributed by atoms with E-state index in [-0.39, 0.29) is 18.9 Å². The lowest BCUT2D eigenvalue weighted by molar-refractivity contribution is -0.182. The summed E-state index contributed by atoms with van der Waals surface area (Å²) in [4.78, 5) is 0. The lowest BCUT2D eigenvalue weighted by Crippen LogP contribution is -2.32. The van der Waals surface area contributed by atoms with E-state index in [0.717, 1.165) is 24.5 Å². The van der Waals surface area contributed by atoms with E-state index in [4.69, 9.17) is 4.74 Å². The molecule has 1 aliphatic carbocycles. The number of alkyl halides is 3. The van der Waals surface area contributed by atoms with E-state index >= 15 is 0 Å². The minimum atomic E-state index is -4.03. The van der Waals surface area contributed by atoms with Gasteiger partial charge in [0.1, 0.15) is 5.75 Å². The summed E-state index contributed by atoms with van der Waals surface area (Å²) in [6, 6.07) is 6.08. The zero-order chi connectivity index (χ0) is 14.2. The van der Waals surface area contributed by atoms with Crippen molar-refractivity contribution in [2.45, 2.75) is 44.3 Å². The first-order valence-electron chi connectivity index (χ1n) is 7.11. The van der Waals surface area contributed by atoms with Crippen LogP contribution in [-0.4, -0.2) is 18.8 Å². The van der Waals surface area contributed by atoms with Gasteiger partial charge in [-0.2, -0.15) is 13.2 Å². The second-order valence-corrected chi connectivity index (χ2v) is 5.66. The molecule has 0 unspecified atom stereocenters. The molecule has 0 amide bonds. The number of hydrogen-bond acceptors (Lipinski definition) is 2. The zero-order valence-electron chi connectivity index (χ0n) is 11.2. The Labute approximate surface area is 116 Å². The van der Waals surface area contributed by atoms with Crippen LogP contribution in [0.3, 0.4) is 0 Å². The van der Waals surface area contributed by atoms with Crippen molar-refractivity contribution in [3.63, 3.8) is 0 Å². The Bertz CT molecular complexity index is 478. The molecule has 1 heterocycles. The van der Waals surface area contributed by atoms with Gasteiger partial charge in [0.05, 0.1) is 12.5 Å². The van der Waals surface area contributed by atoms with Crippen LogP contribution in [0.25, 0.3) is 0 Å². The van der Waals surface area contributed by atoms with Crippen molar-refractivity contribution in [1.29, 1.82) is 0 Å². The molecule has 1 fully saturated rings. The number of fused-ring (bicyclic) bond motifs is 1. The van der Waals surface area contributed by atoms with E-state index in [2.05, 4.69) is 11.4 Å². The molecule has 1 N–H and O–H groups in total. The molecule has 0 aromatic heterocycles. The Hall–Kier alpha value is -1.39. The molecular formula is C15H18F3NO. The number of rotatable bonds is 2. The molecule has 1 aromatic carbocycles. The van der Waals surface area contributed by atoms with E-state index in [0.29, 0.717) is 12.8 Å². The summed E-state index contributed by atoms with van der Waals surface area (Å²) in [7, 11) is 0. The van der Waals surface area contributed by atoms with Crippen LogP contribution in [0.2, 0.25) is 0 Å². The van der Waals surface area contributed by atoms with Gasteiger partial charge < -0.3 is 10.1 Å². The lowest BCUT2D eigenvalue weighted by Gasteiger charge is -2.31. The average Bonchev–Trinajstić information content (AvgIpc) is 2.86. The summed E-state index contributed by atoms with van der Waals surface area (Å²) in [5, 5.41) is 3.36. The lowest BCUT2D eigenvalue weighted by atomic mass is 9.85. The van der Waals surface area contributed by atoms with Gasteiger partial charge in [-0.1, -0.05) is 0 Å². The third kappa shape index (κ3) is 2.86. The first kappa shape index (κ1) is 13.6. The summed E-state index contributed by atoms with van der Waals surface area (Å²) < 4.78 is 43.3. The van der Waals surface area contributed by atoms with E-state index in [9.17, 15) is 13.2 Å². The monoisotopic (exact) mass is 285 g/mol. The first-order chi connectivity index (χ1) is 9.52. The molecular weight excluding hydrogens is 267 g/mol. The highest BCUT2D eigenvalue weighted by molar-refractivity contribution is 5.53. The van der Waals surface area contributed by atoms with Gasteiger partial charge in [0.2, 0.25) is 0 Å². The summed E-state index contributed by atoms with van der Waals surface area (Å²) in [6.07, 6.45) is -1.50. The predicted octanol–water partition coefficient (Wildman–Crippen LogP) is 4.15. The van der Waals surface area contributed by atoms with E-state index in [1.165, 1.54) is 5.56 Å². The Balaban J connectivity index is 1.57. The Kier molecular flexibility index (Phi) is 3.52. The van der Waals surface area contributed by atoms with Crippen molar-refractivity contribution < 1.29 is 17.9 Å². The van der Waals surface area contributed by atoms with Crippen LogP contribution >= 0.6 is 0 Å². The summed E-state index contributed by atoms with van der Waals surface area (Å²) >= 11 is 0. The highest BCUT2D eigenvalue weighted by atomic mass is 19.4. The van der Waals surface area contributed by atoms with Crippen molar-refractivity contribution in [3.05, 3.63) is 23.8 Å². The highest BCUT2D eigenvalue weighted by Gasteiger charge is 2.41. The molecule has 0 bridgehead atoms. The summed E-state index contributed by atoms with van der Waals surface area (Å²) in [5.74, 6) is -0.190. The number of ether oxygens (including phenoxy) is 1. The zero-order valence-corrected chi connectivity index (χ0v) is 11.2. The highest BCUT2D eigenvalue weighted by Crippen LogP contribution is 2.38. The number of nitrogens with one attached hydrogen (secondary N) is 1. The number of benzene rings is 1.